The Labute approximate surface area is 188 Å². The fourth-order valence-electron chi connectivity index (χ4n) is 2.81. The minimum absolute atomic E-state index is 0.411. The van der Waals surface area contributed by atoms with Crippen molar-refractivity contribution < 1.29 is 4.74 Å². The average molecular weight is 458 g/mol. The normalized spacial score (nSPS) is 10.7. The van der Waals surface area contributed by atoms with E-state index in [4.69, 9.17) is 40.2 Å². The van der Waals surface area contributed by atoms with Gasteiger partial charge < -0.3 is 10.2 Å². The summed E-state index contributed by atoms with van der Waals surface area (Å²) in [5.41, 5.74) is 6.23. The molecule has 0 atom stereocenters. The molecule has 0 unspecified atom stereocenters. The number of aromatic nitrogens is 4. The summed E-state index contributed by atoms with van der Waals surface area (Å²) in [6.45, 7) is 0.979. The van der Waals surface area contributed by atoms with E-state index in [1.54, 1.807) is 29.2 Å². The van der Waals surface area contributed by atoms with E-state index in [-0.39, 0.29) is 0 Å². The summed E-state index contributed by atoms with van der Waals surface area (Å²) in [5, 5.41) is 8.16. The maximum absolute atomic E-state index is 6.04. The fourth-order valence-corrected chi connectivity index (χ4v) is 3.33. The molecule has 0 aliphatic carbocycles. The molecule has 9 heteroatoms. The van der Waals surface area contributed by atoms with Crippen LogP contribution in [0.25, 0.3) is 11.4 Å². The number of hydrogen-bond donors (Lipinski definition) is 2. The van der Waals surface area contributed by atoms with Gasteiger partial charge in [-0.3, -0.25) is 4.98 Å². The zero-order chi connectivity index (χ0) is 20.9. The average Bonchev–Trinajstić information content (AvgIpc) is 3.15. The molecule has 4 aromatic rings. The monoisotopic (exact) mass is 457 g/mol. The molecule has 0 bridgehead atoms. The predicted molar refractivity (Wildman–Crippen MR) is 121 cm³/mol. The summed E-state index contributed by atoms with van der Waals surface area (Å²) in [6.07, 6.45) is 3.43. The topological polar surface area (TPSA) is 67.8 Å². The van der Waals surface area contributed by atoms with Crippen LogP contribution in [0.2, 0.25) is 10.0 Å². The summed E-state index contributed by atoms with van der Waals surface area (Å²) in [7, 11) is 0. The first-order chi connectivity index (χ1) is 14.6. The fraction of sp³-hybridized carbons (Fsp3) is 0.0952. The highest BCUT2D eigenvalue weighted by molar-refractivity contribution is 7.71. The van der Waals surface area contributed by atoms with E-state index in [1.807, 2.05) is 42.5 Å². The van der Waals surface area contributed by atoms with Crippen LogP contribution in [-0.4, -0.2) is 19.9 Å². The molecule has 0 spiro atoms. The van der Waals surface area contributed by atoms with E-state index in [0.29, 0.717) is 33.8 Å². The molecule has 0 aliphatic heterocycles. The number of ether oxygens (including phenoxy) is 1. The maximum Gasteiger partial charge on any atom is 0.214 e. The highest BCUT2D eigenvalue weighted by Crippen LogP contribution is 2.23. The number of rotatable bonds is 7. The molecule has 0 saturated heterocycles. The Hall–Kier alpha value is -2.87. The maximum atomic E-state index is 6.04. The number of halogens is 2. The van der Waals surface area contributed by atoms with E-state index >= 15 is 0 Å². The highest BCUT2D eigenvalue weighted by Gasteiger charge is 2.08. The van der Waals surface area contributed by atoms with Gasteiger partial charge >= 0.3 is 0 Å². The van der Waals surface area contributed by atoms with Gasteiger partial charge in [-0.25, -0.2) is 9.77 Å². The lowest BCUT2D eigenvalue weighted by atomic mass is 10.2. The van der Waals surface area contributed by atoms with Crippen LogP contribution in [0, 0.1) is 4.77 Å². The van der Waals surface area contributed by atoms with E-state index in [2.05, 4.69) is 20.6 Å². The molecule has 30 heavy (non-hydrogen) atoms. The molecule has 4 rings (SSSR count). The molecule has 6 nitrogen and oxygen atoms in total. The van der Waals surface area contributed by atoms with Gasteiger partial charge in [0.2, 0.25) is 4.77 Å². The lowest BCUT2D eigenvalue weighted by Crippen LogP contribution is -2.15. The van der Waals surface area contributed by atoms with Gasteiger partial charge in [0.05, 0.1) is 16.6 Å². The van der Waals surface area contributed by atoms with Gasteiger partial charge in [0.25, 0.3) is 0 Å². The smallest absolute Gasteiger partial charge is 0.214 e. The van der Waals surface area contributed by atoms with Crippen molar-refractivity contribution in [3.63, 3.8) is 0 Å². The molecule has 0 aliphatic rings. The summed E-state index contributed by atoms with van der Waals surface area (Å²) in [5.74, 6) is 1.46. The molecule has 2 aromatic carbocycles. The highest BCUT2D eigenvalue weighted by atomic mass is 35.5. The van der Waals surface area contributed by atoms with Crippen LogP contribution >= 0.6 is 35.4 Å². The summed E-state index contributed by atoms with van der Waals surface area (Å²) >= 11 is 17.3. The molecule has 0 saturated carbocycles. The number of hydrogen-bond acceptors (Lipinski definition) is 5. The van der Waals surface area contributed by atoms with Crippen molar-refractivity contribution >= 4 is 35.4 Å². The molecule has 2 heterocycles. The first-order valence-electron chi connectivity index (χ1n) is 9.07. The third-order valence-electron chi connectivity index (χ3n) is 4.37. The molecular weight excluding hydrogens is 441 g/mol. The number of pyridine rings is 1. The Morgan fingerprint density at radius 1 is 0.967 bits per heavy atom. The lowest BCUT2D eigenvalue weighted by molar-refractivity contribution is 0.306. The standard InChI is InChI=1S/C21H17Cl2N5OS/c22-18-6-3-15(11-19(18)23)13-29-17-4-1-14(2-5-17)12-25-28-20(26-27-21(28)30)16-7-9-24-10-8-16/h1-11,25H,12-13H2,(H,27,30). The van der Waals surface area contributed by atoms with Crippen LogP contribution in [0.15, 0.2) is 67.0 Å². The van der Waals surface area contributed by atoms with Crippen molar-refractivity contribution in [2.24, 2.45) is 0 Å². The molecule has 0 radical (unpaired) electrons. The van der Waals surface area contributed by atoms with Crippen LogP contribution in [0.1, 0.15) is 11.1 Å². The van der Waals surface area contributed by atoms with Crippen molar-refractivity contribution in [3.8, 4) is 17.1 Å². The van der Waals surface area contributed by atoms with Crippen molar-refractivity contribution in [1.82, 2.24) is 19.9 Å². The minimum Gasteiger partial charge on any atom is -0.489 e. The summed E-state index contributed by atoms with van der Waals surface area (Å²) in [6, 6.07) is 17.0. The first-order valence-corrected chi connectivity index (χ1v) is 10.2. The third-order valence-corrected chi connectivity index (χ3v) is 5.38. The Kier molecular flexibility index (Phi) is 6.32. The third kappa shape index (κ3) is 4.81. The number of benzene rings is 2. The zero-order valence-electron chi connectivity index (χ0n) is 15.7. The van der Waals surface area contributed by atoms with Crippen molar-refractivity contribution in [1.29, 1.82) is 0 Å². The second-order valence-corrected chi connectivity index (χ2v) is 7.64. The Balaban J connectivity index is 1.38. The molecule has 0 fully saturated rings. The van der Waals surface area contributed by atoms with Gasteiger partial charge in [-0.2, -0.15) is 5.10 Å². The number of H-pyrrole nitrogens is 1. The lowest BCUT2D eigenvalue weighted by Gasteiger charge is -2.11. The van der Waals surface area contributed by atoms with Crippen molar-refractivity contribution in [2.75, 3.05) is 5.43 Å². The van der Waals surface area contributed by atoms with E-state index in [0.717, 1.165) is 22.4 Å². The molecule has 2 N–H and O–H groups in total. The van der Waals surface area contributed by atoms with Crippen LogP contribution < -0.4 is 10.2 Å². The number of aromatic amines is 1. The van der Waals surface area contributed by atoms with Gasteiger partial charge in [-0.15, -0.1) is 0 Å². The molecule has 0 amide bonds. The van der Waals surface area contributed by atoms with E-state index < -0.39 is 0 Å². The van der Waals surface area contributed by atoms with Crippen LogP contribution in [0.3, 0.4) is 0 Å². The first kappa shape index (κ1) is 20.4. The van der Waals surface area contributed by atoms with Crippen molar-refractivity contribution in [2.45, 2.75) is 13.2 Å². The molecule has 2 aromatic heterocycles. The second-order valence-electron chi connectivity index (χ2n) is 6.44. The zero-order valence-corrected chi connectivity index (χ0v) is 18.0. The summed E-state index contributed by atoms with van der Waals surface area (Å²) in [4.78, 5) is 4.03. The number of nitrogens with one attached hydrogen (secondary N) is 2. The van der Waals surface area contributed by atoms with Gasteiger partial charge in [0.15, 0.2) is 5.82 Å². The Morgan fingerprint density at radius 2 is 1.70 bits per heavy atom. The van der Waals surface area contributed by atoms with Crippen LogP contribution in [-0.2, 0) is 13.2 Å². The van der Waals surface area contributed by atoms with Crippen LogP contribution in [0.5, 0.6) is 5.75 Å². The Morgan fingerprint density at radius 3 is 2.43 bits per heavy atom. The van der Waals surface area contributed by atoms with Gasteiger partial charge in [-0.1, -0.05) is 41.4 Å². The largest absolute Gasteiger partial charge is 0.489 e. The van der Waals surface area contributed by atoms with E-state index in [9.17, 15) is 0 Å². The van der Waals surface area contributed by atoms with Gasteiger partial charge in [0, 0.05) is 18.0 Å². The minimum atomic E-state index is 0.411. The Bertz CT molecular complexity index is 1190. The van der Waals surface area contributed by atoms with Crippen molar-refractivity contribution in [3.05, 3.63) is 92.9 Å². The molecular formula is C21H17Cl2N5OS. The van der Waals surface area contributed by atoms with Crippen LogP contribution in [0.4, 0.5) is 0 Å². The van der Waals surface area contributed by atoms with E-state index in [1.165, 1.54) is 0 Å². The predicted octanol–water partition coefficient (Wildman–Crippen LogP) is 5.63. The SMILES string of the molecule is S=c1[nH]nc(-c2ccncc2)n1NCc1ccc(OCc2ccc(Cl)c(Cl)c2)cc1. The number of nitrogens with zero attached hydrogens (tertiary/aromatic N) is 3. The second kappa shape index (κ2) is 9.30. The molecule has 152 valence electrons. The quantitative estimate of drug-likeness (QED) is 0.351. The summed E-state index contributed by atoms with van der Waals surface area (Å²) < 4.78 is 8.06. The van der Waals surface area contributed by atoms with Gasteiger partial charge in [0.1, 0.15) is 12.4 Å². The van der Waals surface area contributed by atoms with Gasteiger partial charge in [-0.05, 0) is 59.7 Å².